The Morgan fingerprint density at radius 2 is 2.00 bits per heavy atom. The smallest absolute Gasteiger partial charge is 0.262 e. The number of benzene rings is 1. The van der Waals surface area contributed by atoms with E-state index in [9.17, 15) is 9.90 Å². The van der Waals surface area contributed by atoms with Gasteiger partial charge >= 0.3 is 0 Å². The fourth-order valence-electron chi connectivity index (χ4n) is 3.51. The van der Waals surface area contributed by atoms with E-state index in [1.807, 2.05) is 24.3 Å². The first kappa shape index (κ1) is 16.8. The maximum Gasteiger partial charge on any atom is 0.262 e. The van der Waals surface area contributed by atoms with Gasteiger partial charge in [0, 0.05) is 24.0 Å². The van der Waals surface area contributed by atoms with Crippen LogP contribution >= 0.6 is 22.9 Å². The molecule has 2 atom stereocenters. The largest absolute Gasteiger partial charge is 0.394 e. The summed E-state index contributed by atoms with van der Waals surface area (Å²) in [6, 6.07) is 9.37. The minimum Gasteiger partial charge on any atom is -0.394 e. The molecule has 0 aliphatic carbocycles. The number of morpholine rings is 1. The molecule has 2 aromatic rings. The third kappa shape index (κ3) is 3.15. The Labute approximate surface area is 155 Å². The Morgan fingerprint density at radius 1 is 1.28 bits per heavy atom. The Hall–Kier alpha value is -1.60. The van der Waals surface area contributed by atoms with Crippen LogP contribution < -0.4 is 10.2 Å². The van der Waals surface area contributed by atoms with Crippen molar-refractivity contribution >= 4 is 33.8 Å². The monoisotopic (exact) mass is 378 g/mol. The van der Waals surface area contributed by atoms with Crippen molar-refractivity contribution in [3.63, 3.8) is 0 Å². The summed E-state index contributed by atoms with van der Waals surface area (Å²) in [5.41, 5.74) is 2.02. The summed E-state index contributed by atoms with van der Waals surface area (Å²) in [5.74, 6) is -0.190. The highest BCUT2D eigenvalue weighted by atomic mass is 35.5. The predicted octanol–water partition coefficient (Wildman–Crippen LogP) is 2.47. The van der Waals surface area contributed by atoms with Crippen molar-refractivity contribution in [2.75, 3.05) is 37.8 Å². The van der Waals surface area contributed by atoms with E-state index in [1.165, 1.54) is 11.3 Å². The fraction of sp³-hybridized carbons (Fsp3) is 0.389. The number of thiophene rings is 1. The van der Waals surface area contributed by atoms with Gasteiger partial charge in [-0.15, -0.1) is 11.3 Å². The highest BCUT2D eigenvalue weighted by molar-refractivity contribution is 7.18. The number of nitrogens with zero attached hydrogens (tertiary/aromatic N) is 1. The van der Waals surface area contributed by atoms with Crippen LogP contribution in [0.3, 0.4) is 0 Å². The van der Waals surface area contributed by atoms with Crippen LogP contribution in [0.15, 0.2) is 30.3 Å². The van der Waals surface area contributed by atoms with Gasteiger partial charge in [0.2, 0.25) is 0 Å². The standard InChI is InChI=1S/C18H19ClN2O3S/c19-12-3-1-11(2-4-12)16-13-9-15(21-5-7-24-8-6-21)25-17(13)18(23)20-14(16)10-22/h1-4,9,14,16,22H,5-8,10H2,(H,20,23)/t14-,16+/m0/s1. The van der Waals surface area contributed by atoms with Gasteiger partial charge in [-0.25, -0.2) is 0 Å². The summed E-state index contributed by atoms with van der Waals surface area (Å²) in [6.45, 7) is 2.95. The van der Waals surface area contributed by atoms with Gasteiger partial charge in [0.05, 0.1) is 35.7 Å². The van der Waals surface area contributed by atoms with E-state index < -0.39 is 0 Å². The van der Waals surface area contributed by atoms with Gasteiger partial charge in [-0.3, -0.25) is 4.79 Å². The van der Waals surface area contributed by atoms with Crippen LogP contribution in [0.1, 0.15) is 26.7 Å². The molecule has 5 nitrogen and oxygen atoms in total. The molecule has 0 radical (unpaired) electrons. The van der Waals surface area contributed by atoms with Crippen LogP contribution in [0.25, 0.3) is 0 Å². The SMILES string of the molecule is O=C1N[C@@H](CO)[C@H](c2ccc(Cl)cc2)c2cc(N3CCOCC3)sc21. The Bertz CT molecular complexity index is 771. The zero-order chi connectivity index (χ0) is 17.4. The maximum absolute atomic E-state index is 12.5. The number of aliphatic hydroxyl groups excluding tert-OH is 1. The summed E-state index contributed by atoms with van der Waals surface area (Å²) in [7, 11) is 0. The molecule has 1 amide bonds. The van der Waals surface area contributed by atoms with Gasteiger partial charge in [0.25, 0.3) is 5.91 Å². The normalized spacial score (nSPS) is 23.3. The molecule has 2 aliphatic heterocycles. The van der Waals surface area contributed by atoms with Gasteiger partial charge in [-0.1, -0.05) is 23.7 Å². The van der Waals surface area contributed by atoms with E-state index in [0.29, 0.717) is 18.2 Å². The first-order chi connectivity index (χ1) is 12.2. The molecule has 0 bridgehead atoms. The van der Waals surface area contributed by atoms with E-state index in [1.54, 1.807) is 0 Å². The molecule has 3 heterocycles. The highest BCUT2D eigenvalue weighted by Crippen LogP contribution is 2.41. The van der Waals surface area contributed by atoms with Crippen molar-refractivity contribution in [1.29, 1.82) is 0 Å². The molecule has 1 fully saturated rings. The molecule has 1 saturated heterocycles. The topological polar surface area (TPSA) is 61.8 Å². The van der Waals surface area contributed by atoms with Crippen molar-refractivity contribution in [2.45, 2.75) is 12.0 Å². The zero-order valence-corrected chi connectivity index (χ0v) is 15.1. The molecule has 1 aromatic heterocycles. The van der Waals surface area contributed by atoms with Crippen LogP contribution in [-0.4, -0.2) is 50.0 Å². The van der Waals surface area contributed by atoms with E-state index in [4.69, 9.17) is 16.3 Å². The average molecular weight is 379 g/mol. The number of carbonyl (C=O) groups excluding carboxylic acids is 1. The summed E-state index contributed by atoms with van der Waals surface area (Å²) in [6.07, 6.45) is 0. The van der Waals surface area contributed by atoms with Crippen molar-refractivity contribution in [1.82, 2.24) is 5.32 Å². The van der Waals surface area contributed by atoms with Crippen molar-refractivity contribution < 1.29 is 14.6 Å². The first-order valence-electron chi connectivity index (χ1n) is 8.31. The summed E-state index contributed by atoms with van der Waals surface area (Å²) in [5, 5.41) is 14.5. The number of fused-ring (bicyclic) bond motifs is 1. The average Bonchev–Trinajstić information content (AvgIpc) is 3.09. The number of ether oxygens (including phenoxy) is 1. The predicted molar refractivity (Wildman–Crippen MR) is 99.0 cm³/mol. The van der Waals surface area contributed by atoms with Gasteiger partial charge in [0.15, 0.2) is 0 Å². The number of halogens is 1. The molecule has 132 valence electrons. The van der Waals surface area contributed by atoms with Crippen molar-refractivity contribution in [2.24, 2.45) is 0 Å². The first-order valence-corrected chi connectivity index (χ1v) is 9.50. The molecule has 25 heavy (non-hydrogen) atoms. The van der Waals surface area contributed by atoms with E-state index in [0.717, 1.165) is 34.1 Å². The number of anilines is 1. The van der Waals surface area contributed by atoms with Gasteiger partial charge in [0.1, 0.15) is 0 Å². The summed E-state index contributed by atoms with van der Waals surface area (Å²) < 4.78 is 5.42. The summed E-state index contributed by atoms with van der Waals surface area (Å²) in [4.78, 5) is 15.5. The minimum atomic E-state index is -0.340. The lowest BCUT2D eigenvalue weighted by Crippen LogP contribution is -2.46. The molecule has 0 unspecified atom stereocenters. The molecule has 1 aromatic carbocycles. The second kappa shape index (κ2) is 6.96. The van der Waals surface area contributed by atoms with Crippen LogP contribution in [-0.2, 0) is 4.74 Å². The van der Waals surface area contributed by atoms with Crippen molar-refractivity contribution in [3.05, 3.63) is 51.4 Å². The van der Waals surface area contributed by atoms with Crippen LogP contribution in [0.4, 0.5) is 5.00 Å². The van der Waals surface area contributed by atoms with E-state index in [2.05, 4.69) is 16.3 Å². The van der Waals surface area contributed by atoms with Gasteiger partial charge in [-0.2, -0.15) is 0 Å². The van der Waals surface area contributed by atoms with E-state index >= 15 is 0 Å². The van der Waals surface area contributed by atoms with Gasteiger partial charge in [-0.05, 0) is 29.3 Å². The molecule has 2 aliphatic rings. The van der Waals surface area contributed by atoms with Crippen LogP contribution in [0.2, 0.25) is 5.02 Å². The second-order valence-electron chi connectivity index (χ2n) is 6.26. The fourth-order valence-corrected chi connectivity index (χ4v) is 4.79. The lowest BCUT2D eigenvalue weighted by Gasteiger charge is -2.31. The number of carbonyl (C=O) groups is 1. The van der Waals surface area contributed by atoms with Crippen molar-refractivity contribution in [3.8, 4) is 0 Å². The Balaban J connectivity index is 1.76. The number of rotatable bonds is 3. The zero-order valence-electron chi connectivity index (χ0n) is 13.6. The quantitative estimate of drug-likeness (QED) is 0.861. The lowest BCUT2D eigenvalue weighted by molar-refractivity contribution is 0.0897. The third-order valence-electron chi connectivity index (χ3n) is 4.76. The third-order valence-corrected chi connectivity index (χ3v) is 6.22. The lowest BCUT2D eigenvalue weighted by atomic mass is 9.83. The molecule has 0 saturated carbocycles. The van der Waals surface area contributed by atoms with Crippen LogP contribution in [0.5, 0.6) is 0 Å². The van der Waals surface area contributed by atoms with E-state index in [-0.39, 0.29) is 24.5 Å². The van der Waals surface area contributed by atoms with Gasteiger partial charge < -0.3 is 20.1 Å². The highest BCUT2D eigenvalue weighted by Gasteiger charge is 2.36. The molecule has 0 spiro atoms. The molecule has 4 rings (SSSR count). The van der Waals surface area contributed by atoms with Crippen LogP contribution in [0, 0.1) is 0 Å². The Kier molecular flexibility index (Phi) is 4.69. The maximum atomic E-state index is 12.5. The minimum absolute atomic E-state index is 0.0824. The summed E-state index contributed by atoms with van der Waals surface area (Å²) >= 11 is 7.53. The number of hydrogen-bond acceptors (Lipinski definition) is 5. The molecule has 2 N–H and O–H groups in total. The Morgan fingerprint density at radius 3 is 2.68 bits per heavy atom. The number of nitrogens with one attached hydrogen (secondary N) is 1. The number of aliphatic hydroxyl groups is 1. The molecule has 7 heteroatoms. The molecular weight excluding hydrogens is 360 g/mol. The number of hydrogen-bond donors (Lipinski definition) is 2. The second-order valence-corrected chi connectivity index (χ2v) is 7.73. The number of amides is 1. The molecular formula is C18H19ClN2O3S.